The molecule has 0 saturated carbocycles. The van der Waals surface area contributed by atoms with E-state index in [0.29, 0.717) is 5.88 Å². The summed E-state index contributed by atoms with van der Waals surface area (Å²) in [5.41, 5.74) is 2.03. The maximum absolute atomic E-state index is 5.71. The zero-order valence-electron chi connectivity index (χ0n) is 9.20. The lowest BCUT2D eigenvalue weighted by Gasteiger charge is -2.08. The van der Waals surface area contributed by atoms with Crippen LogP contribution in [0.2, 0.25) is 0 Å². The van der Waals surface area contributed by atoms with E-state index in [2.05, 4.69) is 20.9 Å². The normalized spacial score (nSPS) is 10.2. The summed E-state index contributed by atoms with van der Waals surface area (Å²) in [4.78, 5) is 4.30. The lowest BCUT2D eigenvalue weighted by molar-refractivity contribution is 0.458. The minimum atomic E-state index is 0.630. The zero-order chi connectivity index (χ0) is 11.5. The number of halogens is 1. The number of aryl methyl sites for hydroxylation is 2. The Balaban J connectivity index is 2.27. The quantitative estimate of drug-likeness (QED) is 0.819. The minimum absolute atomic E-state index is 0.630. The SMILES string of the molecule is Cc1cccc(Oc2ccc(Br)cc2C)n1. The summed E-state index contributed by atoms with van der Waals surface area (Å²) in [5.74, 6) is 1.46. The number of pyridine rings is 1. The fourth-order valence-corrected chi connectivity index (χ4v) is 1.89. The van der Waals surface area contributed by atoms with E-state index in [-0.39, 0.29) is 0 Å². The molecule has 0 aliphatic heterocycles. The van der Waals surface area contributed by atoms with Gasteiger partial charge in [-0.05, 0) is 43.7 Å². The average Bonchev–Trinajstić information content (AvgIpc) is 2.22. The van der Waals surface area contributed by atoms with E-state index in [1.807, 2.05) is 50.2 Å². The lowest BCUT2D eigenvalue weighted by Crippen LogP contribution is -1.91. The van der Waals surface area contributed by atoms with Crippen LogP contribution < -0.4 is 4.74 Å². The van der Waals surface area contributed by atoms with Gasteiger partial charge in [-0.2, -0.15) is 0 Å². The number of hydrogen-bond donors (Lipinski definition) is 0. The van der Waals surface area contributed by atoms with Crippen molar-refractivity contribution in [1.82, 2.24) is 4.98 Å². The van der Waals surface area contributed by atoms with E-state index in [0.717, 1.165) is 21.5 Å². The van der Waals surface area contributed by atoms with Gasteiger partial charge in [-0.25, -0.2) is 4.98 Å². The zero-order valence-corrected chi connectivity index (χ0v) is 10.8. The predicted octanol–water partition coefficient (Wildman–Crippen LogP) is 4.25. The molecule has 0 saturated heterocycles. The molecule has 0 radical (unpaired) electrons. The van der Waals surface area contributed by atoms with Crippen molar-refractivity contribution >= 4 is 15.9 Å². The highest BCUT2D eigenvalue weighted by Crippen LogP contribution is 2.26. The van der Waals surface area contributed by atoms with Gasteiger partial charge < -0.3 is 4.74 Å². The first-order valence-corrected chi connectivity index (χ1v) is 5.82. The van der Waals surface area contributed by atoms with Crippen LogP contribution in [0.15, 0.2) is 40.9 Å². The third kappa shape index (κ3) is 2.61. The first-order chi connectivity index (χ1) is 7.65. The molecular weight excluding hydrogens is 266 g/mol. The van der Waals surface area contributed by atoms with Gasteiger partial charge in [0.15, 0.2) is 0 Å². The second-order valence-corrected chi connectivity index (χ2v) is 4.54. The molecule has 0 aliphatic carbocycles. The van der Waals surface area contributed by atoms with Crippen LogP contribution in [0.1, 0.15) is 11.3 Å². The van der Waals surface area contributed by atoms with Gasteiger partial charge in [0.25, 0.3) is 0 Å². The highest BCUT2D eigenvalue weighted by Gasteiger charge is 2.02. The molecule has 0 unspecified atom stereocenters. The molecule has 16 heavy (non-hydrogen) atoms. The summed E-state index contributed by atoms with van der Waals surface area (Å²) >= 11 is 3.42. The molecule has 0 spiro atoms. The number of nitrogens with zero attached hydrogens (tertiary/aromatic N) is 1. The number of benzene rings is 1. The average molecular weight is 278 g/mol. The summed E-state index contributed by atoms with van der Waals surface area (Å²) in [6.07, 6.45) is 0. The third-order valence-corrected chi connectivity index (χ3v) is 2.71. The van der Waals surface area contributed by atoms with E-state index in [4.69, 9.17) is 4.74 Å². The van der Waals surface area contributed by atoms with Crippen molar-refractivity contribution in [2.24, 2.45) is 0 Å². The molecule has 2 nitrogen and oxygen atoms in total. The highest BCUT2D eigenvalue weighted by atomic mass is 79.9. The van der Waals surface area contributed by atoms with Crippen molar-refractivity contribution in [2.75, 3.05) is 0 Å². The standard InChI is InChI=1S/C13H12BrNO/c1-9-8-11(14)6-7-12(9)16-13-5-3-4-10(2)15-13/h3-8H,1-2H3. The van der Waals surface area contributed by atoms with E-state index >= 15 is 0 Å². The van der Waals surface area contributed by atoms with Gasteiger partial charge in [0.1, 0.15) is 5.75 Å². The Morgan fingerprint density at radius 3 is 2.62 bits per heavy atom. The van der Waals surface area contributed by atoms with Crippen molar-refractivity contribution < 1.29 is 4.74 Å². The summed E-state index contributed by atoms with van der Waals surface area (Å²) in [6, 6.07) is 11.6. The second-order valence-electron chi connectivity index (χ2n) is 3.63. The molecule has 2 rings (SSSR count). The number of hydrogen-bond acceptors (Lipinski definition) is 2. The lowest BCUT2D eigenvalue weighted by atomic mass is 10.2. The first kappa shape index (κ1) is 11.1. The number of ether oxygens (including phenoxy) is 1. The maximum atomic E-state index is 5.71. The summed E-state index contributed by atoms with van der Waals surface area (Å²) in [7, 11) is 0. The Bertz CT molecular complexity index is 511. The smallest absolute Gasteiger partial charge is 0.219 e. The summed E-state index contributed by atoms with van der Waals surface area (Å²) < 4.78 is 6.76. The van der Waals surface area contributed by atoms with Crippen molar-refractivity contribution in [3.63, 3.8) is 0 Å². The van der Waals surface area contributed by atoms with Crippen LogP contribution >= 0.6 is 15.9 Å². The Morgan fingerprint density at radius 2 is 1.94 bits per heavy atom. The molecular formula is C13H12BrNO. The van der Waals surface area contributed by atoms with Crippen LogP contribution in [0.3, 0.4) is 0 Å². The molecule has 1 aromatic carbocycles. The molecule has 1 aromatic heterocycles. The molecule has 0 bridgehead atoms. The van der Waals surface area contributed by atoms with E-state index in [1.165, 1.54) is 0 Å². The fourth-order valence-electron chi connectivity index (χ4n) is 1.41. The molecule has 0 atom stereocenters. The maximum Gasteiger partial charge on any atom is 0.219 e. The van der Waals surface area contributed by atoms with Crippen LogP contribution in [0.4, 0.5) is 0 Å². The van der Waals surface area contributed by atoms with Gasteiger partial charge in [0.05, 0.1) is 0 Å². The van der Waals surface area contributed by atoms with E-state index in [9.17, 15) is 0 Å². The van der Waals surface area contributed by atoms with Crippen molar-refractivity contribution in [3.05, 3.63) is 52.1 Å². The Labute approximate surface area is 103 Å². The van der Waals surface area contributed by atoms with Gasteiger partial charge in [0, 0.05) is 16.2 Å². The summed E-state index contributed by atoms with van der Waals surface area (Å²) in [6.45, 7) is 3.96. The number of aromatic nitrogens is 1. The number of rotatable bonds is 2. The highest BCUT2D eigenvalue weighted by molar-refractivity contribution is 9.10. The van der Waals surface area contributed by atoms with Crippen LogP contribution in [0.25, 0.3) is 0 Å². The predicted molar refractivity (Wildman–Crippen MR) is 67.9 cm³/mol. The van der Waals surface area contributed by atoms with Crippen molar-refractivity contribution in [2.45, 2.75) is 13.8 Å². The molecule has 0 N–H and O–H groups in total. The van der Waals surface area contributed by atoms with E-state index < -0.39 is 0 Å². The second kappa shape index (κ2) is 4.66. The molecule has 1 heterocycles. The first-order valence-electron chi connectivity index (χ1n) is 5.03. The Morgan fingerprint density at radius 1 is 1.12 bits per heavy atom. The Hall–Kier alpha value is -1.35. The van der Waals surface area contributed by atoms with Crippen LogP contribution in [-0.2, 0) is 0 Å². The third-order valence-electron chi connectivity index (χ3n) is 2.21. The van der Waals surface area contributed by atoms with Crippen LogP contribution in [0.5, 0.6) is 11.6 Å². The molecule has 3 heteroatoms. The molecule has 0 aliphatic rings. The largest absolute Gasteiger partial charge is 0.439 e. The fraction of sp³-hybridized carbons (Fsp3) is 0.154. The van der Waals surface area contributed by atoms with Gasteiger partial charge in [0.2, 0.25) is 5.88 Å². The van der Waals surface area contributed by atoms with Gasteiger partial charge in [-0.3, -0.25) is 0 Å². The molecule has 0 fully saturated rings. The van der Waals surface area contributed by atoms with E-state index in [1.54, 1.807) is 0 Å². The van der Waals surface area contributed by atoms with Gasteiger partial charge in [-0.15, -0.1) is 0 Å². The molecule has 82 valence electrons. The topological polar surface area (TPSA) is 22.1 Å². The van der Waals surface area contributed by atoms with Crippen LogP contribution in [-0.4, -0.2) is 4.98 Å². The van der Waals surface area contributed by atoms with Gasteiger partial charge >= 0.3 is 0 Å². The van der Waals surface area contributed by atoms with Crippen molar-refractivity contribution in [1.29, 1.82) is 0 Å². The van der Waals surface area contributed by atoms with Gasteiger partial charge in [-0.1, -0.05) is 22.0 Å². The van der Waals surface area contributed by atoms with Crippen molar-refractivity contribution in [3.8, 4) is 11.6 Å². The molecule has 2 aromatic rings. The monoisotopic (exact) mass is 277 g/mol. The minimum Gasteiger partial charge on any atom is -0.439 e. The van der Waals surface area contributed by atoms with Crippen LogP contribution in [0, 0.1) is 13.8 Å². The summed E-state index contributed by atoms with van der Waals surface area (Å²) in [5, 5.41) is 0. The Kier molecular flexibility index (Phi) is 3.25. The molecule has 0 amide bonds.